The van der Waals surface area contributed by atoms with Crippen LogP contribution in [0.25, 0.3) is 11.1 Å². The number of ketones is 2. The van der Waals surface area contributed by atoms with E-state index in [1.54, 1.807) is 6.08 Å². The van der Waals surface area contributed by atoms with Crippen LogP contribution in [0.5, 0.6) is 5.75 Å². The van der Waals surface area contributed by atoms with Gasteiger partial charge in [0.15, 0.2) is 0 Å². The molecule has 3 nitrogen and oxygen atoms in total. The van der Waals surface area contributed by atoms with Gasteiger partial charge >= 0.3 is 6.36 Å². The lowest BCUT2D eigenvalue weighted by molar-refractivity contribution is -0.274. The first-order chi connectivity index (χ1) is 12.7. The van der Waals surface area contributed by atoms with Gasteiger partial charge in [-0.1, -0.05) is 30.3 Å². The van der Waals surface area contributed by atoms with Crippen molar-refractivity contribution in [3.63, 3.8) is 0 Å². The first-order valence-electron chi connectivity index (χ1n) is 7.92. The highest BCUT2D eigenvalue weighted by Gasteiger charge is 2.36. The number of rotatable bonds is 2. The van der Waals surface area contributed by atoms with Gasteiger partial charge in [0.2, 0.25) is 11.6 Å². The third-order valence-electron chi connectivity index (χ3n) is 4.45. The van der Waals surface area contributed by atoms with E-state index in [9.17, 15) is 22.8 Å². The normalized spacial score (nSPS) is 16.2. The zero-order valence-corrected chi connectivity index (χ0v) is 15.1. The van der Waals surface area contributed by atoms with E-state index in [0.29, 0.717) is 17.6 Å². The minimum Gasteiger partial charge on any atom is -0.405 e. The molecule has 0 bridgehead atoms. The van der Waals surface area contributed by atoms with Gasteiger partial charge in [0.1, 0.15) is 5.75 Å². The fourth-order valence-corrected chi connectivity index (χ4v) is 3.80. The number of fused-ring (bicyclic) bond motifs is 2. The number of carbonyl (C=O) groups excluding carboxylic acids is 2. The van der Waals surface area contributed by atoms with Crippen molar-refractivity contribution in [3.8, 4) is 5.75 Å². The molecule has 0 atom stereocenters. The molecule has 0 spiro atoms. The van der Waals surface area contributed by atoms with Crippen LogP contribution in [-0.4, -0.2) is 17.9 Å². The molecule has 136 valence electrons. The van der Waals surface area contributed by atoms with Crippen LogP contribution in [0, 0.1) is 0 Å². The van der Waals surface area contributed by atoms with E-state index < -0.39 is 23.7 Å². The second-order valence-corrected chi connectivity index (χ2v) is 7.00. The topological polar surface area (TPSA) is 43.4 Å². The number of hydrogen-bond acceptors (Lipinski definition) is 3. The number of benzene rings is 2. The van der Waals surface area contributed by atoms with Crippen LogP contribution in [0.2, 0.25) is 0 Å². The zero-order valence-electron chi connectivity index (χ0n) is 13.6. The van der Waals surface area contributed by atoms with Crippen LogP contribution in [0.15, 0.2) is 58.6 Å². The summed E-state index contributed by atoms with van der Waals surface area (Å²) in [4.78, 5) is 25.3. The lowest BCUT2D eigenvalue weighted by atomic mass is 9.86. The minimum absolute atomic E-state index is 0.0351. The van der Waals surface area contributed by atoms with E-state index in [1.165, 1.54) is 12.1 Å². The molecule has 0 heterocycles. The molecular weight excluding hydrogens is 425 g/mol. The number of carbonyl (C=O) groups is 2. The molecule has 4 rings (SSSR count). The van der Waals surface area contributed by atoms with E-state index in [0.717, 1.165) is 22.8 Å². The maximum atomic E-state index is 12.7. The Labute approximate surface area is 160 Å². The number of alkyl halides is 3. The summed E-state index contributed by atoms with van der Waals surface area (Å²) in [5.41, 5.74) is 3.38. The van der Waals surface area contributed by atoms with Gasteiger partial charge in [-0.05, 0) is 62.8 Å². The molecule has 0 aromatic heterocycles. The molecule has 0 saturated heterocycles. The van der Waals surface area contributed by atoms with Gasteiger partial charge in [0.25, 0.3) is 0 Å². The molecular formula is C20H10BrF3O3. The second kappa shape index (κ2) is 6.20. The molecule has 2 aliphatic rings. The molecule has 0 fully saturated rings. The van der Waals surface area contributed by atoms with Crippen LogP contribution in [0.4, 0.5) is 13.2 Å². The third-order valence-corrected chi connectivity index (χ3v) is 5.07. The predicted octanol–water partition coefficient (Wildman–Crippen LogP) is 4.89. The van der Waals surface area contributed by atoms with Gasteiger partial charge in [-0.3, -0.25) is 9.59 Å². The van der Waals surface area contributed by atoms with Crippen LogP contribution < -0.4 is 4.74 Å². The maximum absolute atomic E-state index is 12.7. The number of allylic oxidation sites excluding steroid dienone is 4. The average Bonchev–Trinajstić information content (AvgIpc) is 2.97. The van der Waals surface area contributed by atoms with Crippen molar-refractivity contribution in [2.75, 3.05) is 0 Å². The smallest absolute Gasteiger partial charge is 0.405 e. The van der Waals surface area contributed by atoms with Crippen molar-refractivity contribution >= 4 is 38.6 Å². The molecule has 0 aliphatic heterocycles. The highest BCUT2D eigenvalue weighted by atomic mass is 79.9. The Morgan fingerprint density at radius 1 is 1.00 bits per heavy atom. The standard InChI is InChI=1S/C20H10BrF3O3/c21-15-9-11(5-6-16(15)27-20(22,23)24)14-8-12-7-10-3-1-2-4-13(10)17(12)19(26)18(14)25/h1-6,8-9H,7H2. The third kappa shape index (κ3) is 3.12. The molecule has 0 radical (unpaired) electrons. The van der Waals surface area contributed by atoms with Crippen LogP contribution in [0.1, 0.15) is 16.7 Å². The van der Waals surface area contributed by atoms with Crippen molar-refractivity contribution in [2.45, 2.75) is 12.8 Å². The van der Waals surface area contributed by atoms with Crippen molar-refractivity contribution in [1.82, 2.24) is 0 Å². The van der Waals surface area contributed by atoms with E-state index >= 15 is 0 Å². The summed E-state index contributed by atoms with van der Waals surface area (Å²) in [6.07, 6.45) is -2.65. The Bertz CT molecular complexity index is 1060. The number of Topliss-reactive ketones (excluding diaryl/α,β-unsaturated/α-hetero) is 2. The van der Waals surface area contributed by atoms with Crippen LogP contribution in [-0.2, 0) is 16.0 Å². The molecule has 2 aromatic rings. The Morgan fingerprint density at radius 3 is 2.44 bits per heavy atom. The molecule has 0 saturated carbocycles. The number of hydrogen-bond donors (Lipinski definition) is 0. The molecule has 27 heavy (non-hydrogen) atoms. The van der Waals surface area contributed by atoms with Crippen molar-refractivity contribution in [2.24, 2.45) is 0 Å². The zero-order chi connectivity index (χ0) is 19.3. The van der Waals surface area contributed by atoms with Crippen LogP contribution in [0.3, 0.4) is 0 Å². The summed E-state index contributed by atoms with van der Waals surface area (Å²) in [7, 11) is 0. The summed E-state index contributed by atoms with van der Waals surface area (Å²) in [5, 5.41) is 0. The van der Waals surface area contributed by atoms with Gasteiger partial charge in [-0.15, -0.1) is 13.2 Å². The van der Waals surface area contributed by atoms with Crippen LogP contribution >= 0.6 is 15.9 Å². The second-order valence-electron chi connectivity index (χ2n) is 6.14. The molecule has 0 N–H and O–H groups in total. The first kappa shape index (κ1) is 17.7. The Kier molecular flexibility index (Phi) is 4.07. The SMILES string of the molecule is O=C1C(=O)C2=C(C=C1c1ccc(OC(F)(F)F)c(Br)c1)Cc1ccccc12. The summed E-state index contributed by atoms with van der Waals surface area (Å²) >= 11 is 3.02. The summed E-state index contributed by atoms with van der Waals surface area (Å²) in [5.74, 6) is -1.70. The molecule has 7 heteroatoms. The maximum Gasteiger partial charge on any atom is 0.573 e. The van der Waals surface area contributed by atoms with E-state index in [1.807, 2.05) is 24.3 Å². The molecule has 2 aliphatic carbocycles. The van der Waals surface area contributed by atoms with Crippen molar-refractivity contribution in [1.29, 1.82) is 0 Å². The number of ether oxygens (including phenoxy) is 1. The lowest BCUT2D eigenvalue weighted by Gasteiger charge is -2.16. The summed E-state index contributed by atoms with van der Waals surface area (Å²) in [6, 6.07) is 11.2. The molecule has 0 amide bonds. The average molecular weight is 435 g/mol. The first-order valence-corrected chi connectivity index (χ1v) is 8.72. The van der Waals surface area contributed by atoms with Gasteiger partial charge < -0.3 is 4.74 Å². The fourth-order valence-electron chi connectivity index (χ4n) is 3.34. The van der Waals surface area contributed by atoms with Gasteiger partial charge in [0, 0.05) is 11.1 Å². The highest BCUT2D eigenvalue weighted by Crippen LogP contribution is 2.40. The fraction of sp³-hybridized carbons (Fsp3) is 0.100. The van der Waals surface area contributed by atoms with E-state index in [2.05, 4.69) is 20.7 Å². The Morgan fingerprint density at radius 2 is 1.74 bits per heavy atom. The number of halogens is 4. The van der Waals surface area contributed by atoms with Crippen molar-refractivity contribution in [3.05, 3.63) is 75.3 Å². The minimum atomic E-state index is -4.82. The Balaban J connectivity index is 1.75. The highest BCUT2D eigenvalue weighted by molar-refractivity contribution is 9.10. The summed E-state index contributed by atoms with van der Waals surface area (Å²) < 4.78 is 41.2. The predicted molar refractivity (Wildman–Crippen MR) is 95.9 cm³/mol. The largest absolute Gasteiger partial charge is 0.573 e. The lowest BCUT2D eigenvalue weighted by Crippen LogP contribution is -2.21. The monoisotopic (exact) mass is 434 g/mol. The van der Waals surface area contributed by atoms with E-state index in [-0.39, 0.29) is 10.0 Å². The van der Waals surface area contributed by atoms with Gasteiger partial charge in [0.05, 0.1) is 4.47 Å². The Hall–Kier alpha value is -2.67. The molecule has 0 unspecified atom stereocenters. The summed E-state index contributed by atoms with van der Waals surface area (Å²) in [6.45, 7) is 0. The van der Waals surface area contributed by atoms with E-state index in [4.69, 9.17) is 0 Å². The quantitative estimate of drug-likeness (QED) is 0.499. The van der Waals surface area contributed by atoms with Gasteiger partial charge in [-0.2, -0.15) is 0 Å². The van der Waals surface area contributed by atoms with Gasteiger partial charge in [-0.25, -0.2) is 0 Å². The van der Waals surface area contributed by atoms with Crippen molar-refractivity contribution < 1.29 is 27.5 Å². The molecule has 2 aromatic carbocycles.